The average molecular weight is 298 g/mol. The molecule has 1 aromatic carbocycles. The third-order valence-electron chi connectivity index (χ3n) is 4.46. The molecule has 0 spiro atoms. The lowest BCUT2D eigenvalue weighted by atomic mass is 9.86. The molecule has 0 saturated carbocycles. The van der Waals surface area contributed by atoms with Crippen LogP contribution in [-0.4, -0.2) is 34.8 Å². The maximum atomic E-state index is 12.4. The summed E-state index contributed by atoms with van der Waals surface area (Å²) in [6.07, 6.45) is 3.73. The Labute approximate surface area is 129 Å². The number of carbonyl (C=O) groups is 1. The zero-order chi connectivity index (χ0) is 15.7. The van der Waals surface area contributed by atoms with Crippen molar-refractivity contribution in [3.05, 3.63) is 53.6 Å². The van der Waals surface area contributed by atoms with E-state index in [0.717, 1.165) is 0 Å². The highest BCUT2D eigenvalue weighted by Crippen LogP contribution is 2.37. The Bertz CT molecular complexity index is 631. The first kappa shape index (κ1) is 14.7. The van der Waals surface area contributed by atoms with Crippen molar-refractivity contribution < 1.29 is 19.1 Å². The van der Waals surface area contributed by atoms with Crippen LogP contribution in [0.4, 0.5) is 0 Å². The van der Waals surface area contributed by atoms with Gasteiger partial charge < -0.3 is 15.0 Å². The number of rotatable bonds is 3. The molecule has 0 amide bonds. The van der Waals surface area contributed by atoms with Gasteiger partial charge in [-0.05, 0) is 12.1 Å². The van der Waals surface area contributed by atoms with Crippen molar-refractivity contribution in [1.82, 2.24) is 0 Å². The standard InChI is InChI=1S/C17H18N2O3/c1-10-13-8-9-14(21-13)11(2)16(10)22-17(20)15(19-18)12-6-4-3-5-7-12/h3-11,13-14,16H,1-2H3/t10-,11+,13+,14-,16?. The Morgan fingerprint density at radius 2 is 1.73 bits per heavy atom. The molecular weight excluding hydrogens is 280 g/mol. The first-order chi connectivity index (χ1) is 10.6. The SMILES string of the molecule is C[C@@H]1C(OC(=O)C(=[N+]=[N-])c2ccccc2)[C@H](C)[C@@H]2C=C[C@H]1O2. The van der Waals surface area contributed by atoms with Gasteiger partial charge in [0, 0.05) is 11.8 Å². The molecule has 2 aliphatic rings. The number of benzene rings is 1. The Balaban J connectivity index is 1.78. The third kappa shape index (κ3) is 2.49. The van der Waals surface area contributed by atoms with Crippen molar-refractivity contribution in [3.63, 3.8) is 0 Å². The molecule has 22 heavy (non-hydrogen) atoms. The fraction of sp³-hybridized carbons (Fsp3) is 0.412. The van der Waals surface area contributed by atoms with Crippen LogP contribution in [-0.2, 0) is 14.3 Å². The van der Waals surface area contributed by atoms with Crippen LogP contribution in [0.25, 0.3) is 5.53 Å². The number of nitrogens with zero attached hydrogens (tertiary/aromatic N) is 2. The van der Waals surface area contributed by atoms with E-state index in [-0.39, 0.29) is 35.9 Å². The number of hydrogen-bond donors (Lipinski definition) is 0. The van der Waals surface area contributed by atoms with Crippen molar-refractivity contribution in [3.8, 4) is 0 Å². The van der Waals surface area contributed by atoms with Gasteiger partial charge in [-0.2, -0.15) is 4.79 Å². The first-order valence-corrected chi connectivity index (χ1v) is 7.44. The Morgan fingerprint density at radius 1 is 1.14 bits per heavy atom. The van der Waals surface area contributed by atoms with Crippen LogP contribution >= 0.6 is 0 Å². The van der Waals surface area contributed by atoms with Crippen LogP contribution in [0.1, 0.15) is 19.4 Å². The van der Waals surface area contributed by atoms with E-state index in [1.165, 1.54) is 0 Å². The summed E-state index contributed by atoms with van der Waals surface area (Å²) in [6, 6.07) is 8.79. The monoisotopic (exact) mass is 298 g/mol. The molecule has 2 aliphatic heterocycles. The van der Waals surface area contributed by atoms with Crippen LogP contribution < -0.4 is 0 Å². The van der Waals surface area contributed by atoms with Gasteiger partial charge in [-0.3, -0.25) is 0 Å². The van der Waals surface area contributed by atoms with Gasteiger partial charge >= 0.3 is 11.7 Å². The molecule has 5 heteroatoms. The number of fused-ring (bicyclic) bond motifs is 2. The summed E-state index contributed by atoms with van der Waals surface area (Å²) in [5.74, 6) is -0.493. The second kappa shape index (κ2) is 5.87. The van der Waals surface area contributed by atoms with E-state index in [1.54, 1.807) is 24.3 Å². The normalized spacial score (nSPS) is 32.4. The van der Waals surface area contributed by atoms with E-state index >= 15 is 0 Å². The quantitative estimate of drug-likeness (QED) is 0.282. The summed E-state index contributed by atoms with van der Waals surface area (Å²) in [5.41, 5.74) is 9.63. The minimum Gasteiger partial charge on any atom is -0.453 e. The molecule has 5 nitrogen and oxygen atoms in total. The smallest absolute Gasteiger partial charge is 0.422 e. The van der Waals surface area contributed by atoms with E-state index < -0.39 is 5.97 Å². The molecule has 1 saturated heterocycles. The lowest BCUT2D eigenvalue weighted by Crippen LogP contribution is -2.47. The lowest BCUT2D eigenvalue weighted by molar-refractivity contribution is -0.169. The lowest BCUT2D eigenvalue weighted by Gasteiger charge is -2.38. The van der Waals surface area contributed by atoms with E-state index in [2.05, 4.69) is 4.79 Å². The molecule has 114 valence electrons. The summed E-state index contributed by atoms with van der Waals surface area (Å²) in [6.45, 7) is 4.01. The van der Waals surface area contributed by atoms with Crippen molar-refractivity contribution in [2.75, 3.05) is 0 Å². The fourth-order valence-corrected chi connectivity index (χ4v) is 3.15. The van der Waals surface area contributed by atoms with Crippen molar-refractivity contribution >= 4 is 11.7 Å². The molecule has 0 aromatic heterocycles. The summed E-state index contributed by atoms with van der Waals surface area (Å²) in [4.78, 5) is 15.5. The zero-order valence-electron chi connectivity index (χ0n) is 12.5. The third-order valence-corrected chi connectivity index (χ3v) is 4.46. The highest BCUT2D eigenvalue weighted by Gasteiger charge is 2.45. The minimum atomic E-state index is -0.612. The van der Waals surface area contributed by atoms with Gasteiger partial charge in [0.2, 0.25) is 0 Å². The topological polar surface area (TPSA) is 71.9 Å². The van der Waals surface area contributed by atoms with E-state index in [4.69, 9.17) is 9.47 Å². The molecular formula is C17H18N2O3. The Morgan fingerprint density at radius 3 is 2.27 bits per heavy atom. The van der Waals surface area contributed by atoms with E-state index in [9.17, 15) is 10.3 Å². The molecule has 1 fully saturated rings. The van der Waals surface area contributed by atoms with Crippen LogP contribution in [0, 0.1) is 11.8 Å². The van der Waals surface area contributed by atoms with Crippen LogP contribution in [0.3, 0.4) is 0 Å². The summed E-state index contributed by atoms with van der Waals surface area (Å²) < 4.78 is 11.5. The van der Waals surface area contributed by atoms with Gasteiger partial charge in [0.05, 0.1) is 17.8 Å². The van der Waals surface area contributed by atoms with Gasteiger partial charge in [0.25, 0.3) is 0 Å². The molecule has 2 heterocycles. The summed E-state index contributed by atoms with van der Waals surface area (Å²) in [7, 11) is 0. The predicted molar refractivity (Wildman–Crippen MR) is 80.2 cm³/mol. The number of ether oxygens (including phenoxy) is 2. The van der Waals surface area contributed by atoms with Crippen molar-refractivity contribution in [2.45, 2.75) is 32.2 Å². The maximum absolute atomic E-state index is 12.4. The molecule has 0 radical (unpaired) electrons. The van der Waals surface area contributed by atoms with Gasteiger partial charge in [-0.25, -0.2) is 4.79 Å². The Hall–Kier alpha value is -2.23. The predicted octanol–water partition coefficient (Wildman–Crippen LogP) is 2.23. The van der Waals surface area contributed by atoms with Gasteiger partial charge in [-0.1, -0.05) is 44.2 Å². The molecule has 3 rings (SSSR count). The summed E-state index contributed by atoms with van der Waals surface area (Å²) in [5, 5.41) is 0. The minimum absolute atomic E-state index is 0.0229. The van der Waals surface area contributed by atoms with E-state index in [1.807, 2.05) is 32.1 Å². The van der Waals surface area contributed by atoms with Gasteiger partial charge in [-0.15, -0.1) is 0 Å². The summed E-state index contributed by atoms with van der Waals surface area (Å²) >= 11 is 0. The van der Waals surface area contributed by atoms with Crippen LogP contribution in [0.5, 0.6) is 0 Å². The fourth-order valence-electron chi connectivity index (χ4n) is 3.15. The van der Waals surface area contributed by atoms with Gasteiger partial charge in [0.15, 0.2) is 0 Å². The molecule has 5 atom stereocenters. The van der Waals surface area contributed by atoms with Crippen molar-refractivity contribution in [2.24, 2.45) is 11.8 Å². The number of carbonyl (C=O) groups excluding carboxylic acids is 1. The molecule has 1 unspecified atom stereocenters. The first-order valence-electron chi connectivity index (χ1n) is 7.44. The molecule has 1 aromatic rings. The van der Waals surface area contributed by atoms with Crippen molar-refractivity contribution in [1.29, 1.82) is 0 Å². The number of hydrogen-bond acceptors (Lipinski definition) is 3. The zero-order valence-corrected chi connectivity index (χ0v) is 12.5. The second-order valence-corrected chi connectivity index (χ2v) is 5.85. The maximum Gasteiger partial charge on any atom is 0.422 e. The van der Waals surface area contributed by atoms with Crippen LogP contribution in [0.15, 0.2) is 42.5 Å². The van der Waals surface area contributed by atoms with E-state index in [0.29, 0.717) is 5.56 Å². The second-order valence-electron chi connectivity index (χ2n) is 5.85. The highest BCUT2D eigenvalue weighted by atomic mass is 16.6. The highest BCUT2D eigenvalue weighted by molar-refractivity contribution is 6.40. The van der Waals surface area contributed by atoms with Crippen LogP contribution in [0.2, 0.25) is 0 Å². The average Bonchev–Trinajstić information content (AvgIpc) is 2.99. The van der Waals surface area contributed by atoms with Gasteiger partial charge in [0.1, 0.15) is 6.10 Å². The largest absolute Gasteiger partial charge is 0.453 e. The number of esters is 1. The molecule has 0 aliphatic carbocycles. The molecule has 0 N–H and O–H groups in total. The molecule has 2 bridgehead atoms. The Kier molecular flexibility index (Phi) is 3.92.